The van der Waals surface area contributed by atoms with Gasteiger partial charge in [-0.15, -0.1) is 0 Å². The van der Waals surface area contributed by atoms with E-state index in [9.17, 15) is 12.8 Å². The summed E-state index contributed by atoms with van der Waals surface area (Å²) in [6.45, 7) is 0.961. The number of nitrogens with one attached hydrogen (secondary N) is 1. The van der Waals surface area contributed by atoms with Crippen LogP contribution in [0.3, 0.4) is 0 Å². The van der Waals surface area contributed by atoms with Gasteiger partial charge < -0.3 is 9.47 Å². The molecule has 0 radical (unpaired) electrons. The molecule has 1 aliphatic rings. The van der Waals surface area contributed by atoms with Gasteiger partial charge in [0, 0.05) is 18.6 Å². The molecule has 0 fully saturated rings. The minimum absolute atomic E-state index is 0.139. The number of hydrogen-bond acceptors (Lipinski definition) is 4. The predicted octanol–water partition coefficient (Wildman–Crippen LogP) is 3.44. The molecule has 1 aliphatic heterocycles. The Hall–Kier alpha value is -1.99. The van der Waals surface area contributed by atoms with E-state index in [1.54, 1.807) is 0 Å². The van der Waals surface area contributed by atoms with Gasteiger partial charge in [-0.2, -0.15) is 0 Å². The van der Waals surface area contributed by atoms with Gasteiger partial charge in [0.25, 0.3) is 10.0 Å². The van der Waals surface area contributed by atoms with Gasteiger partial charge in [0.2, 0.25) is 0 Å². The molecule has 0 aromatic heterocycles. The summed E-state index contributed by atoms with van der Waals surface area (Å²) >= 11 is 6.10. The number of sulfonamides is 1. The Labute approximate surface area is 138 Å². The lowest BCUT2D eigenvalue weighted by Gasteiger charge is -2.13. The first-order valence-electron chi connectivity index (χ1n) is 6.83. The summed E-state index contributed by atoms with van der Waals surface area (Å²) in [4.78, 5) is -0.194. The highest BCUT2D eigenvalue weighted by Gasteiger charge is 2.20. The Balaban J connectivity index is 1.95. The smallest absolute Gasteiger partial charge is 0.262 e. The number of hydrogen-bond donors (Lipinski definition) is 1. The van der Waals surface area contributed by atoms with Crippen molar-refractivity contribution in [3.05, 3.63) is 47.2 Å². The van der Waals surface area contributed by atoms with Crippen LogP contribution in [0.25, 0.3) is 0 Å². The van der Waals surface area contributed by atoms with Crippen LogP contribution in [0.2, 0.25) is 5.02 Å². The Morgan fingerprint density at radius 2 is 1.78 bits per heavy atom. The number of fused-ring (bicyclic) bond motifs is 1. The predicted molar refractivity (Wildman–Crippen MR) is 84.3 cm³/mol. The Bertz CT molecular complexity index is 841. The first-order valence-corrected chi connectivity index (χ1v) is 8.69. The van der Waals surface area contributed by atoms with Crippen LogP contribution in [0.15, 0.2) is 41.3 Å². The first-order chi connectivity index (χ1) is 11.0. The molecule has 0 atom stereocenters. The molecule has 2 aromatic carbocycles. The van der Waals surface area contributed by atoms with Gasteiger partial charge >= 0.3 is 0 Å². The van der Waals surface area contributed by atoms with Crippen LogP contribution in [0.1, 0.15) is 6.42 Å². The van der Waals surface area contributed by atoms with Crippen LogP contribution in [-0.4, -0.2) is 21.6 Å². The molecule has 122 valence electrons. The number of anilines is 1. The fourth-order valence-electron chi connectivity index (χ4n) is 2.10. The summed E-state index contributed by atoms with van der Waals surface area (Å²) < 4.78 is 51.2. The zero-order chi connectivity index (χ0) is 16.4. The van der Waals surface area contributed by atoms with E-state index in [0.717, 1.165) is 12.5 Å². The second kappa shape index (κ2) is 6.25. The van der Waals surface area contributed by atoms with Crippen LogP contribution in [0, 0.1) is 5.82 Å². The summed E-state index contributed by atoms with van der Waals surface area (Å²) in [5.41, 5.74) is 0.139. The van der Waals surface area contributed by atoms with E-state index >= 15 is 0 Å². The second-order valence-corrected chi connectivity index (χ2v) is 6.98. The molecule has 0 amide bonds. The van der Waals surface area contributed by atoms with E-state index < -0.39 is 15.8 Å². The standard InChI is InChI=1S/C15H13ClFNO4S/c16-12-8-14-15(22-6-2-5-21-14)9-13(12)18-23(19,20)11-4-1-3-10(17)7-11/h1,3-4,7-9,18H,2,5-6H2. The molecular weight excluding hydrogens is 345 g/mol. The number of benzene rings is 2. The van der Waals surface area contributed by atoms with Crippen molar-refractivity contribution in [3.8, 4) is 11.5 Å². The molecule has 0 aliphatic carbocycles. The number of rotatable bonds is 3. The largest absolute Gasteiger partial charge is 0.490 e. The Kier molecular flexibility index (Phi) is 4.32. The fourth-order valence-corrected chi connectivity index (χ4v) is 3.46. The van der Waals surface area contributed by atoms with Crippen LogP contribution in [0.4, 0.5) is 10.1 Å². The number of halogens is 2. The van der Waals surface area contributed by atoms with Crippen molar-refractivity contribution in [1.29, 1.82) is 0 Å². The number of ether oxygens (including phenoxy) is 2. The summed E-state index contributed by atoms with van der Waals surface area (Å²) in [5, 5.41) is 0.161. The average Bonchev–Trinajstić information content (AvgIpc) is 2.72. The van der Waals surface area contributed by atoms with E-state index in [4.69, 9.17) is 21.1 Å². The van der Waals surface area contributed by atoms with Crippen molar-refractivity contribution in [2.75, 3.05) is 17.9 Å². The minimum Gasteiger partial charge on any atom is -0.490 e. The van der Waals surface area contributed by atoms with Gasteiger partial charge in [-0.3, -0.25) is 4.72 Å². The van der Waals surface area contributed by atoms with Crippen molar-refractivity contribution >= 4 is 27.3 Å². The van der Waals surface area contributed by atoms with Crippen molar-refractivity contribution in [1.82, 2.24) is 0 Å². The second-order valence-electron chi connectivity index (χ2n) is 4.89. The lowest BCUT2D eigenvalue weighted by molar-refractivity contribution is 0.297. The Morgan fingerprint density at radius 1 is 1.09 bits per heavy atom. The van der Waals surface area contributed by atoms with E-state index in [1.165, 1.54) is 30.3 Å². The van der Waals surface area contributed by atoms with Gasteiger partial charge in [-0.25, -0.2) is 12.8 Å². The molecule has 3 rings (SSSR count). The third kappa shape index (κ3) is 3.51. The van der Waals surface area contributed by atoms with Gasteiger partial charge in [0.15, 0.2) is 11.5 Å². The summed E-state index contributed by atoms with van der Waals surface area (Å²) in [7, 11) is -3.96. The molecule has 0 unspecified atom stereocenters. The van der Waals surface area contributed by atoms with E-state index in [0.29, 0.717) is 24.7 Å². The lowest BCUT2D eigenvalue weighted by Crippen LogP contribution is -2.13. The highest BCUT2D eigenvalue weighted by Crippen LogP contribution is 2.38. The minimum atomic E-state index is -3.96. The Morgan fingerprint density at radius 3 is 2.48 bits per heavy atom. The third-order valence-corrected chi connectivity index (χ3v) is 4.86. The van der Waals surface area contributed by atoms with Crippen molar-refractivity contribution in [2.24, 2.45) is 0 Å². The van der Waals surface area contributed by atoms with Crippen LogP contribution in [0.5, 0.6) is 11.5 Å². The fraction of sp³-hybridized carbons (Fsp3) is 0.200. The normalized spacial score (nSPS) is 14.2. The maximum atomic E-state index is 13.2. The van der Waals surface area contributed by atoms with Crippen molar-refractivity contribution in [2.45, 2.75) is 11.3 Å². The van der Waals surface area contributed by atoms with Gasteiger partial charge in [0.05, 0.1) is 28.8 Å². The molecule has 0 saturated carbocycles. The van der Waals surface area contributed by atoms with Crippen LogP contribution in [-0.2, 0) is 10.0 Å². The van der Waals surface area contributed by atoms with E-state index in [2.05, 4.69) is 4.72 Å². The highest BCUT2D eigenvalue weighted by atomic mass is 35.5. The zero-order valence-electron chi connectivity index (χ0n) is 11.9. The molecule has 1 N–H and O–H groups in total. The molecule has 8 heteroatoms. The van der Waals surface area contributed by atoms with Crippen molar-refractivity contribution < 1.29 is 22.3 Å². The van der Waals surface area contributed by atoms with Crippen molar-refractivity contribution in [3.63, 3.8) is 0 Å². The quantitative estimate of drug-likeness (QED) is 0.913. The van der Waals surface area contributed by atoms with Crippen LogP contribution < -0.4 is 14.2 Å². The average molecular weight is 358 g/mol. The molecule has 2 aromatic rings. The zero-order valence-corrected chi connectivity index (χ0v) is 13.5. The topological polar surface area (TPSA) is 64.6 Å². The highest BCUT2D eigenvalue weighted by molar-refractivity contribution is 7.92. The third-order valence-electron chi connectivity index (χ3n) is 3.19. The summed E-state index contributed by atoms with van der Waals surface area (Å²) in [6, 6.07) is 7.66. The van der Waals surface area contributed by atoms with Crippen LogP contribution >= 0.6 is 11.6 Å². The molecule has 0 saturated heterocycles. The summed E-state index contributed by atoms with van der Waals surface area (Å²) in [5.74, 6) is 0.225. The van der Waals surface area contributed by atoms with E-state index in [1.807, 2.05) is 0 Å². The summed E-state index contributed by atoms with van der Waals surface area (Å²) in [6.07, 6.45) is 0.719. The van der Waals surface area contributed by atoms with E-state index in [-0.39, 0.29) is 15.6 Å². The first kappa shape index (κ1) is 15.9. The molecule has 0 spiro atoms. The maximum Gasteiger partial charge on any atom is 0.262 e. The van der Waals surface area contributed by atoms with Gasteiger partial charge in [0.1, 0.15) is 5.82 Å². The molecule has 23 heavy (non-hydrogen) atoms. The molecule has 0 bridgehead atoms. The molecule has 1 heterocycles. The monoisotopic (exact) mass is 357 g/mol. The maximum absolute atomic E-state index is 13.2. The molecule has 5 nitrogen and oxygen atoms in total. The lowest BCUT2D eigenvalue weighted by atomic mass is 10.3. The van der Waals surface area contributed by atoms with Gasteiger partial charge in [-0.1, -0.05) is 17.7 Å². The molecular formula is C15H13ClFNO4S. The SMILES string of the molecule is O=S(=O)(Nc1cc2c(cc1Cl)OCCCO2)c1cccc(F)c1. The van der Waals surface area contributed by atoms with Gasteiger partial charge in [-0.05, 0) is 18.2 Å².